The van der Waals surface area contributed by atoms with Gasteiger partial charge < -0.3 is 15.6 Å². The minimum atomic E-state index is -1.05. The summed E-state index contributed by atoms with van der Waals surface area (Å²) in [6.45, 7) is 0. The largest absolute Gasteiger partial charge is 0.350 e. The van der Waals surface area contributed by atoms with Crippen molar-refractivity contribution in [1.29, 1.82) is 5.26 Å². The van der Waals surface area contributed by atoms with Crippen LogP contribution in [0.3, 0.4) is 0 Å². The highest BCUT2D eigenvalue weighted by Gasteiger charge is 2.52. The van der Waals surface area contributed by atoms with Gasteiger partial charge in [-0.05, 0) is 56.2 Å². The second-order valence-corrected chi connectivity index (χ2v) is 10.1. The topological polar surface area (TPSA) is 115 Å². The SMILES string of the molecule is N#C[C@H](C[C@@H]1CC2(CC2)NC1=O)NC(=O)[C@@H](CC(=O)c1cc2ccc(F)c(F)c2[nH]1)CC1CC1. The molecule has 2 aromatic rings. The van der Waals surface area contributed by atoms with Crippen molar-refractivity contribution < 1.29 is 23.2 Å². The summed E-state index contributed by atoms with van der Waals surface area (Å²) in [5.41, 5.74) is -0.0732. The molecule has 0 radical (unpaired) electrons. The fraction of sp³-hybridized carbons (Fsp3) is 0.520. The van der Waals surface area contributed by atoms with E-state index in [1.165, 1.54) is 12.1 Å². The summed E-state index contributed by atoms with van der Waals surface area (Å²) in [6, 6.07) is 5.11. The lowest BCUT2D eigenvalue weighted by Crippen LogP contribution is -2.40. The lowest BCUT2D eigenvalue weighted by molar-refractivity contribution is -0.127. The highest BCUT2D eigenvalue weighted by molar-refractivity contribution is 6.01. The number of H-pyrrole nitrogens is 1. The quantitative estimate of drug-likeness (QED) is 0.489. The van der Waals surface area contributed by atoms with Crippen LogP contribution in [-0.4, -0.2) is 34.2 Å². The molecule has 3 aliphatic rings. The zero-order valence-electron chi connectivity index (χ0n) is 18.6. The molecule has 1 aliphatic heterocycles. The van der Waals surface area contributed by atoms with E-state index in [-0.39, 0.29) is 53.1 Å². The number of carbonyl (C=O) groups excluding carboxylic acids is 3. The van der Waals surface area contributed by atoms with Crippen molar-refractivity contribution in [2.45, 2.75) is 62.9 Å². The van der Waals surface area contributed by atoms with E-state index < -0.39 is 23.6 Å². The molecule has 9 heteroatoms. The van der Waals surface area contributed by atoms with Crippen LogP contribution >= 0.6 is 0 Å². The first kappa shape index (κ1) is 22.5. The number of hydrogen-bond acceptors (Lipinski definition) is 4. The molecule has 2 amide bonds. The second kappa shape index (κ2) is 8.49. The number of nitrogens with zero attached hydrogens (tertiary/aromatic N) is 1. The van der Waals surface area contributed by atoms with Gasteiger partial charge in [0.15, 0.2) is 17.4 Å². The predicted octanol–water partition coefficient (Wildman–Crippen LogP) is 3.50. The predicted molar refractivity (Wildman–Crippen MR) is 118 cm³/mol. The van der Waals surface area contributed by atoms with Gasteiger partial charge >= 0.3 is 0 Å². The van der Waals surface area contributed by atoms with Crippen molar-refractivity contribution in [3.8, 4) is 6.07 Å². The van der Waals surface area contributed by atoms with E-state index in [1.54, 1.807) is 0 Å². The Kier molecular flexibility index (Phi) is 5.62. The third-order valence-corrected chi connectivity index (χ3v) is 7.35. The standard InChI is InChI=1S/C25H26F2N4O3/c26-18-4-3-14-9-19(30-22(14)21(18)27)20(32)10-15(7-13-1-2-13)23(33)29-17(12-28)8-16-11-25(5-6-25)31-24(16)34/h3-4,9,13,15-17,30H,1-2,5-8,10-11H2,(H,29,33)(H,31,34)/t15-,16-,17+/m1/s1. The van der Waals surface area contributed by atoms with E-state index in [9.17, 15) is 28.4 Å². The van der Waals surface area contributed by atoms with Gasteiger partial charge in [-0.2, -0.15) is 5.26 Å². The Bertz CT molecular complexity index is 1210. The number of nitrogens with one attached hydrogen (secondary N) is 3. The Morgan fingerprint density at radius 3 is 2.65 bits per heavy atom. The molecule has 1 aromatic carbocycles. The number of fused-ring (bicyclic) bond motifs is 1. The second-order valence-electron chi connectivity index (χ2n) is 10.1. The minimum absolute atomic E-state index is 0.0702. The Balaban J connectivity index is 1.26. The number of ketones is 1. The fourth-order valence-electron chi connectivity index (χ4n) is 5.03. The zero-order chi connectivity index (χ0) is 24.0. The van der Waals surface area contributed by atoms with Gasteiger partial charge in [-0.3, -0.25) is 14.4 Å². The van der Waals surface area contributed by atoms with Crippen LogP contribution in [-0.2, 0) is 9.59 Å². The van der Waals surface area contributed by atoms with Gasteiger partial charge in [0.2, 0.25) is 11.8 Å². The third-order valence-electron chi connectivity index (χ3n) is 7.35. The highest BCUT2D eigenvalue weighted by Crippen LogP contribution is 2.46. The Labute approximate surface area is 195 Å². The number of hydrogen-bond donors (Lipinski definition) is 3. The van der Waals surface area contributed by atoms with Crippen molar-refractivity contribution >= 4 is 28.5 Å². The minimum Gasteiger partial charge on any atom is -0.350 e. The number of nitriles is 1. The van der Waals surface area contributed by atoms with E-state index >= 15 is 0 Å². The maximum atomic E-state index is 14.0. The summed E-state index contributed by atoms with van der Waals surface area (Å²) >= 11 is 0. The molecule has 178 valence electrons. The summed E-state index contributed by atoms with van der Waals surface area (Å²) < 4.78 is 27.5. The molecule has 1 spiro atoms. The van der Waals surface area contributed by atoms with Crippen LogP contribution in [0.1, 0.15) is 61.9 Å². The lowest BCUT2D eigenvalue weighted by atomic mass is 9.92. The van der Waals surface area contributed by atoms with Crippen LogP contribution < -0.4 is 10.6 Å². The van der Waals surface area contributed by atoms with Gasteiger partial charge in [0.05, 0.1) is 17.3 Å². The summed E-state index contributed by atoms with van der Waals surface area (Å²) in [7, 11) is 0. The van der Waals surface area contributed by atoms with E-state index in [0.717, 1.165) is 31.7 Å². The van der Waals surface area contributed by atoms with Gasteiger partial charge in [-0.15, -0.1) is 0 Å². The van der Waals surface area contributed by atoms with Crippen LogP contribution in [0.4, 0.5) is 8.78 Å². The molecule has 2 saturated carbocycles. The highest BCUT2D eigenvalue weighted by atomic mass is 19.2. The number of halogens is 2. The fourth-order valence-corrected chi connectivity index (χ4v) is 5.03. The summed E-state index contributed by atoms with van der Waals surface area (Å²) in [4.78, 5) is 40.9. The van der Waals surface area contributed by atoms with Gasteiger partial charge in [0.25, 0.3) is 0 Å². The van der Waals surface area contributed by atoms with E-state index in [2.05, 4.69) is 21.7 Å². The van der Waals surface area contributed by atoms with Crippen LogP contribution in [0.5, 0.6) is 0 Å². The van der Waals surface area contributed by atoms with Crippen molar-refractivity contribution in [2.24, 2.45) is 17.8 Å². The molecule has 3 N–H and O–H groups in total. The van der Waals surface area contributed by atoms with Crippen LogP contribution in [0.15, 0.2) is 18.2 Å². The third kappa shape index (κ3) is 4.54. The Morgan fingerprint density at radius 2 is 2.00 bits per heavy atom. The van der Waals surface area contributed by atoms with Crippen LogP contribution in [0, 0.1) is 40.7 Å². The number of amides is 2. The Morgan fingerprint density at radius 1 is 1.24 bits per heavy atom. The van der Waals surface area contributed by atoms with Gasteiger partial charge in [-0.1, -0.05) is 12.8 Å². The number of benzene rings is 1. The number of carbonyl (C=O) groups is 3. The number of rotatable bonds is 9. The molecule has 1 saturated heterocycles. The molecule has 7 nitrogen and oxygen atoms in total. The molecule has 2 heterocycles. The molecular formula is C25H26F2N4O3. The average Bonchev–Trinajstić information content (AvgIpc) is 3.70. The van der Waals surface area contributed by atoms with Gasteiger partial charge in [0, 0.05) is 29.2 Å². The zero-order valence-corrected chi connectivity index (χ0v) is 18.6. The molecule has 1 aromatic heterocycles. The molecule has 0 bridgehead atoms. The number of aromatic nitrogens is 1. The molecule has 5 rings (SSSR count). The van der Waals surface area contributed by atoms with Crippen molar-refractivity contribution in [3.05, 3.63) is 35.5 Å². The monoisotopic (exact) mass is 468 g/mol. The lowest BCUT2D eigenvalue weighted by Gasteiger charge is -2.20. The van der Waals surface area contributed by atoms with Crippen molar-refractivity contribution in [2.75, 3.05) is 0 Å². The summed E-state index contributed by atoms with van der Waals surface area (Å²) in [6.07, 6.45) is 5.22. The molecule has 3 fully saturated rings. The molecule has 2 aliphatic carbocycles. The van der Waals surface area contributed by atoms with E-state index in [0.29, 0.717) is 24.1 Å². The average molecular weight is 469 g/mol. The molecule has 3 atom stereocenters. The maximum Gasteiger partial charge on any atom is 0.224 e. The van der Waals surface area contributed by atoms with Crippen LogP contribution in [0.2, 0.25) is 0 Å². The van der Waals surface area contributed by atoms with Crippen molar-refractivity contribution in [3.63, 3.8) is 0 Å². The molecular weight excluding hydrogens is 442 g/mol. The van der Waals surface area contributed by atoms with E-state index in [1.807, 2.05) is 0 Å². The van der Waals surface area contributed by atoms with E-state index in [4.69, 9.17) is 0 Å². The molecule has 34 heavy (non-hydrogen) atoms. The smallest absolute Gasteiger partial charge is 0.224 e. The van der Waals surface area contributed by atoms with Gasteiger partial charge in [0.1, 0.15) is 6.04 Å². The van der Waals surface area contributed by atoms with Gasteiger partial charge in [-0.25, -0.2) is 8.78 Å². The number of aromatic amines is 1. The first-order chi connectivity index (χ1) is 16.3. The Hall–Kier alpha value is -3.28. The number of Topliss-reactive ketones (excluding diaryl/α,β-unsaturated/α-hetero) is 1. The normalized spacial score (nSPS) is 22.3. The molecule has 0 unspecified atom stereocenters. The van der Waals surface area contributed by atoms with Crippen molar-refractivity contribution in [1.82, 2.24) is 15.6 Å². The van der Waals surface area contributed by atoms with Crippen LogP contribution in [0.25, 0.3) is 10.9 Å². The first-order valence-electron chi connectivity index (χ1n) is 11.8. The summed E-state index contributed by atoms with van der Waals surface area (Å²) in [5.74, 6) is -3.49. The summed E-state index contributed by atoms with van der Waals surface area (Å²) in [5, 5.41) is 15.7. The first-order valence-corrected chi connectivity index (χ1v) is 11.8. The maximum absolute atomic E-state index is 14.0.